The van der Waals surface area contributed by atoms with Crippen molar-refractivity contribution in [2.75, 3.05) is 25.2 Å². The molecule has 0 bridgehead atoms. The van der Waals surface area contributed by atoms with Crippen molar-refractivity contribution in [2.45, 2.75) is 17.9 Å². The molecule has 1 fully saturated rings. The van der Waals surface area contributed by atoms with E-state index in [2.05, 4.69) is 5.32 Å². The molecule has 1 atom stereocenters. The molecule has 0 aliphatic carbocycles. The van der Waals surface area contributed by atoms with Gasteiger partial charge < -0.3 is 10.1 Å². The molecule has 0 radical (unpaired) electrons. The number of carbonyl (C=O) groups is 1. The Labute approximate surface area is 147 Å². The minimum atomic E-state index is -0.296. The minimum Gasteiger partial charge on any atom is -0.376 e. The van der Waals surface area contributed by atoms with Crippen molar-refractivity contribution in [3.63, 3.8) is 0 Å². The number of hydrogen-bond donors (Lipinski definition) is 1. The Morgan fingerprint density at radius 1 is 1.12 bits per heavy atom. The summed E-state index contributed by atoms with van der Waals surface area (Å²) in [6.07, 6.45) is 0.982. The van der Waals surface area contributed by atoms with Crippen LogP contribution in [-0.2, 0) is 9.53 Å². The zero-order chi connectivity index (χ0) is 16.8. The van der Waals surface area contributed by atoms with Gasteiger partial charge in [-0.05, 0) is 23.3 Å². The third-order valence-corrected chi connectivity index (χ3v) is 5.84. The molecule has 1 heterocycles. The van der Waals surface area contributed by atoms with E-state index in [0.29, 0.717) is 6.54 Å². The first-order valence-electron chi connectivity index (χ1n) is 8.25. The quantitative estimate of drug-likeness (QED) is 0.874. The SMILES string of the molecule is COC1(CNC(=O)C(c2ccccc2)c2ccccc2)CCSC1. The normalized spacial score (nSPS) is 20.2. The molecule has 1 unspecified atom stereocenters. The van der Waals surface area contributed by atoms with Crippen LogP contribution in [0.4, 0.5) is 0 Å². The summed E-state index contributed by atoms with van der Waals surface area (Å²) in [5.41, 5.74) is 1.79. The fourth-order valence-electron chi connectivity index (χ4n) is 3.10. The molecule has 1 amide bonds. The smallest absolute Gasteiger partial charge is 0.232 e. The molecular weight excluding hydrogens is 318 g/mol. The maximum atomic E-state index is 13.0. The van der Waals surface area contributed by atoms with Crippen LogP contribution in [0.1, 0.15) is 23.5 Å². The second kappa shape index (κ2) is 7.86. The molecule has 1 aliphatic heterocycles. The predicted molar refractivity (Wildman–Crippen MR) is 99.4 cm³/mol. The van der Waals surface area contributed by atoms with E-state index >= 15 is 0 Å². The summed E-state index contributed by atoms with van der Waals surface area (Å²) in [4.78, 5) is 13.0. The van der Waals surface area contributed by atoms with Gasteiger partial charge in [0.1, 0.15) is 0 Å². The molecule has 24 heavy (non-hydrogen) atoms. The topological polar surface area (TPSA) is 38.3 Å². The Morgan fingerprint density at radius 3 is 2.17 bits per heavy atom. The van der Waals surface area contributed by atoms with Gasteiger partial charge in [-0.25, -0.2) is 0 Å². The van der Waals surface area contributed by atoms with E-state index in [-0.39, 0.29) is 17.4 Å². The minimum absolute atomic E-state index is 0.0284. The summed E-state index contributed by atoms with van der Waals surface area (Å²) in [6, 6.07) is 19.9. The second-order valence-electron chi connectivity index (χ2n) is 6.16. The number of ether oxygens (including phenoxy) is 1. The van der Waals surface area contributed by atoms with Crippen molar-refractivity contribution in [3.8, 4) is 0 Å². The number of nitrogens with one attached hydrogen (secondary N) is 1. The lowest BCUT2D eigenvalue weighted by atomic mass is 9.90. The van der Waals surface area contributed by atoms with Crippen LogP contribution < -0.4 is 5.32 Å². The third kappa shape index (κ3) is 3.82. The number of rotatable bonds is 6. The van der Waals surface area contributed by atoms with Gasteiger partial charge in [-0.15, -0.1) is 0 Å². The molecule has 0 saturated carbocycles. The molecular formula is C20H23NO2S. The number of hydrogen-bond acceptors (Lipinski definition) is 3. The first kappa shape index (κ1) is 17.1. The highest BCUT2D eigenvalue weighted by molar-refractivity contribution is 7.99. The number of thioether (sulfide) groups is 1. The average Bonchev–Trinajstić information content (AvgIpc) is 3.12. The first-order chi connectivity index (χ1) is 11.7. The summed E-state index contributed by atoms with van der Waals surface area (Å²) in [5, 5.41) is 3.14. The van der Waals surface area contributed by atoms with Crippen LogP contribution in [0.25, 0.3) is 0 Å². The Balaban J connectivity index is 1.79. The van der Waals surface area contributed by atoms with E-state index in [1.165, 1.54) is 0 Å². The number of carbonyl (C=O) groups excluding carboxylic acids is 1. The van der Waals surface area contributed by atoms with E-state index in [9.17, 15) is 4.79 Å². The lowest BCUT2D eigenvalue weighted by Gasteiger charge is -2.28. The monoisotopic (exact) mass is 341 g/mol. The molecule has 1 N–H and O–H groups in total. The maximum absolute atomic E-state index is 13.0. The fourth-order valence-corrected chi connectivity index (χ4v) is 4.49. The third-order valence-electron chi connectivity index (χ3n) is 4.61. The largest absolute Gasteiger partial charge is 0.376 e. The van der Waals surface area contributed by atoms with Crippen LogP contribution in [0, 0.1) is 0 Å². The fraction of sp³-hybridized carbons (Fsp3) is 0.350. The van der Waals surface area contributed by atoms with Crippen LogP contribution in [0.2, 0.25) is 0 Å². The van der Waals surface area contributed by atoms with E-state index in [1.54, 1.807) is 7.11 Å². The highest BCUT2D eigenvalue weighted by Gasteiger charge is 2.35. The van der Waals surface area contributed by atoms with Crippen molar-refractivity contribution >= 4 is 17.7 Å². The molecule has 0 aromatic heterocycles. The van der Waals surface area contributed by atoms with Gasteiger partial charge in [0.15, 0.2) is 0 Å². The van der Waals surface area contributed by atoms with Gasteiger partial charge in [0.25, 0.3) is 0 Å². The van der Waals surface area contributed by atoms with Crippen LogP contribution in [-0.4, -0.2) is 36.7 Å². The molecule has 0 spiro atoms. The molecule has 1 saturated heterocycles. The number of benzene rings is 2. The summed E-state index contributed by atoms with van der Waals surface area (Å²) >= 11 is 1.88. The standard InChI is InChI=1S/C20H23NO2S/c1-23-20(12-13-24-15-20)14-21-19(22)18(16-8-4-2-5-9-16)17-10-6-3-7-11-17/h2-11,18H,12-15H2,1H3,(H,21,22). The summed E-state index contributed by atoms with van der Waals surface area (Å²) in [5.74, 6) is 1.76. The molecule has 1 aliphatic rings. The van der Waals surface area contributed by atoms with Gasteiger partial charge >= 0.3 is 0 Å². The molecule has 4 heteroatoms. The number of methoxy groups -OCH3 is 1. The van der Waals surface area contributed by atoms with Gasteiger partial charge in [-0.3, -0.25) is 4.79 Å². The highest BCUT2D eigenvalue weighted by Crippen LogP contribution is 2.31. The lowest BCUT2D eigenvalue weighted by molar-refractivity contribution is -0.123. The Bertz CT molecular complexity index is 614. The van der Waals surface area contributed by atoms with Crippen molar-refractivity contribution < 1.29 is 9.53 Å². The van der Waals surface area contributed by atoms with Gasteiger partial charge in [-0.1, -0.05) is 60.7 Å². The highest BCUT2D eigenvalue weighted by atomic mass is 32.2. The van der Waals surface area contributed by atoms with Crippen LogP contribution in [0.5, 0.6) is 0 Å². The molecule has 2 aromatic carbocycles. The molecule has 3 rings (SSSR count). The van der Waals surface area contributed by atoms with E-state index < -0.39 is 0 Å². The lowest BCUT2D eigenvalue weighted by Crippen LogP contribution is -2.45. The maximum Gasteiger partial charge on any atom is 0.232 e. The zero-order valence-corrected chi connectivity index (χ0v) is 14.7. The Kier molecular flexibility index (Phi) is 5.59. The van der Waals surface area contributed by atoms with Crippen molar-refractivity contribution in [1.29, 1.82) is 0 Å². The van der Waals surface area contributed by atoms with Gasteiger partial charge in [0.2, 0.25) is 5.91 Å². The van der Waals surface area contributed by atoms with Crippen LogP contribution in [0.3, 0.4) is 0 Å². The van der Waals surface area contributed by atoms with E-state index in [4.69, 9.17) is 4.74 Å². The van der Waals surface area contributed by atoms with Crippen molar-refractivity contribution in [3.05, 3.63) is 71.8 Å². The van der Waals surface area contributed by atoms with Gasteiger partial charge in [0, 0.05) is 19.4 Å². The average molecular weight is 341 g/mol. The molecule has 3 nitrogen and oxygen atoms in total. The molecule has 2 aromatic rings. The Morgan fingerprint density at radius 2 is 1.71 bits per heavy atom. The summed E-state index contributed by atoms with van der Waals surface area (Å²) in [6.45, 7) is 0.561. The van der Waals surface area contributed by atoms with Crippen LogP contribution in [0.15, 0.2) is 60.7 Å². The van der Waals surface area contributed by atoms with Gasteiger partial charge in [0.05, 0.1) is 11.5 Å². The van der Waals surface area contributed by atoms with Crippen molar-refractivity contribution in [2.24, 2.45) is 0 Å². The van der Waals surface area contributed by atoms with Crippen LogP contribution >= 0.6 is 11.8 Å². The summed E-state index contributed by atoms with van der Waals surface area (Å²) < 4.78 is 5.70. The zero-order valence-electron chi connectivity index (χ0n) is 13.9. The first-order valence-corrected chi connectivity index (χ1v) is 9.40. The molecule has 126 valence electrons. The van der Waals surface area contributed by atoms with E-state index in [0.717, 1.165) is 29.1 Å². The van der Waals surface area contributed by atoms with Crippen molar-refractivity contribution in [1.82, 2.24) is 5.32 Å². The van der Waals surface area contributed by atoms with Gasteiger partial charge in [-0.2, -0.15) is 11.8 Å². The predicted octanol–water partition coefficient (Wildman–Crippen LogP) is 3.46. The Hall–Kier alpha value is -1.78. The second-order valence-corrected chi connectivity index (χ2v) is 7.27. The van der Waals surface area contributed by atoms with E-state index in [1.807, 2.05) is 72.4 Å². The number of amides is 1. The summed E-state index contributed by atoms with van der Waals surface area (Å²) in [7, 11) is 1.74.